The Morgan fingerprint density at radius 2 is 1.64 bits per heavy atom. The quantitative estimate of drug-likeness (QED) is 0.525. The van der Waals surface area contributed by atoms with Gasteiger partial charge in [-0.25, -0.2) is 0 Å². The third-order valence-electron chi connectivity index (χ3n) is 3.84. The van der Waals surface area contributed by atoms with Crippen LogP contribution in [0.3, 0.4) is 0 Å². The second-order valence-electron chi connectivity index (χ2n) is 5.78. The van der Waals surface area contributed by atoms with Gasteiger partial charge in [0.1, 0.15) is 5.57 Å². The summed E-state index contributed by atoms with van der Waals surface area (Å²) in [5.74, 6) is -0.921. The van der Waals surface area contributed by atoms with Crippen molar-refractivity contribution in [2.24, 2.45) is 0 Å². The van der Waals surface area contributed by atoms with Crippen molar-refractivity contribution in [3.63, 3.8) is 0 Å². The fourth-order valence-electron chi connectivity index (χ4n) is 2.50. The average Bonchev–Trinajstić information content (AvgIpc) is 2.60. The van der Waals surface area contributed by atoms with Crippen LogP contribution in [0.2, 0.25) is 0 Å². The monoisotopic (exact) mass is 351 g/mol. The van der Waals surface area contributed by atoms with E-state index in [0.717, 1.165) is 11.3 Å². The Bertz CT molecular complexity index is 858. The molecule has 3 rings (SSSR count). The molecule has 0 unspecified atom stereocenters. The maximum absolute atomic E-state index is 12.8. The van der Waals surface area contributed by atoms with Gasteiger partial charge in [-0.1, -0.05) is 30.3 Å². The van der Waals surface area contributed by atoms with Gasteiger partial charge in [-0.05, 0) is 48.1 Å². The maximum atomic E-state index is 12.8. The second-order valence-corrected chi connectivity index (χ2v) is 6.17. The van der Waals surface area contributed by atoms with Crippen molar-refractivity contribution in [1.29, 1.82) is 0 Å². The van der Waals surface area contributed by atoms with Crippen LogP contribution in [0.1, 0.15) is 5.56 Å². The zero-order valence-corrected chi connectivity index (χ0v) is 14.7. The number of carbonyl (C=O) groups excluding carboxylic acids is 2. The molecule has 0 aromatic heterocycles. The zero-order valence-electron chi connectivity index (χ0n) is 13.9. The molecule has 0 bridgehead atoms. The van der Waals surface area contributed by atoms with E-state index in [-0.39, 0.29) is 10.7 Å². The van der Waals surface area contributed by atoms with E-state index >= 15 is 0 Å². The normalized spacial score (nSPS) is 16.2. The molecule has 2 amide bonds. The summed E-state index contributed by atoms with van der Waals surface area (Å²) >= 11 is 5.17. The molecule has 0 spiro atoms. The first-order valence-corrected chi connectivity index (χ1v) is 8.12. The highest BCUT2D eigenvalue weighted by atomic mass is 32.1. The first kappa shape index (κ1) is 16.9. The molecule has 1 N–H and O–H groups in total. The smallest absolute Gasteiger partial charge is 0.270 e. The van der Waals surface area contributed by atoms with Gasteiger partial charge in [0.05, 0.1) is 5.69 Å². The molecule has 1 saturated heterocycles. The molecule has 1 heterocycles. The molecule has 0 radical (unpaired) electrons. The second kappa shape index (κ2) is 6.86. The van der Waals surface area contributed by atoms with E-state index < -0.39 is 11.8 Å². The van der Waals surface area contributed by atoms with Crippen LogP contribution in [-0.2, 0) is 9.59 Å². The van der Waals surface area contributed by atoms with Crippen LogP contribution >= 0.6 is 12.2 Å². The molecule has 0 atom stereocenters. The van der Waals surface area contributed by atoms with Crippen molar-refractivity contribution >= 4 is 46.6 Å². The van der Waals surface area contributed by atoms with Crippen LogP contribution in [-0.4, -0.2) is 31.0 Å². The fraction of sp³-hybridized carbons (Fsp3) is 0.105. The van der Waals surface area contributed by atoms with Crippen molar-refractivity contribution in [1.82, 2.24) is 5.32 Å². The molecular weight excluding hydrogens is 334 g/mol. The number of carbonyl (C=O) groups is 2. The van der Waals surface area contributed by atoms with Crippen molar-refractivity contribution in [2.45, 2.75) is 0 Å². The predicted octanol–water partition coefficient (Wildman–Crippen LogP) is 2.58. The largest absolute Gasteiger partial charge is 0.378 e. The van der Waals surface area contributed by atoms with E-state index in [9.17, 15) is 9.59 Å². The van der Waals surface area contributed by atoms with Gasteiger partial charge in [0.25, 0.3) is 11.8 Å². The third kappa shape index (κ3) is 3.44. The average molecular weight is 351 g/mol. The van der Waals surface area contributed by atoms with Gasteiger partial charge in [0, 0.05) is 19.8 Å². The molecule has 126 valence electrons. The number of amides is 2. The lowest BCUT2D eigenvalue weighted by molar-refractivity contribution is -0.122. The fourth-order valence-corrected chi connectivity index (χ4v) is 2.79. The Hall–Kier alpha value is -2.99. The third-order valence-corrected chi connectivity index (χ3v) is 4.12. The van der Waals surface area contributed by atoms with Crippen LogP contribution in [0.4, 0.5) is 11.4 Å². The lowest BCUT2D eigenvalue weighted by atomic mass is 10.1. The standard InChI is InChI=1S/C19H17N3O2S/c1-21(2)14-10-8-13(9-11-14)12-16-17(23)20-19(25)22(18(16)24)15-6-4-3-5-7-15/h3-12H,1-2H3,(H,20,23,25). The van der Waals surface area contributed by atoms with Crippen molar-refractivity contribution in [3.05, 3.63) is 65.7 Å². The summed E-state index contributed by atoms with van der Waals surface area (Å²) in [6.07, 6.45) is 1.58. The minimum absolute atomic E-state index is 0.0510. The molecule has 6 heteroatoms. The Kier molecular flexibility index (Phi) is 4.63. The van der Waals surface area contributed by atoms with Gasteiger partial charge in [-0.15, -0.1) is 0 Å². The molecule has 0 saturated carbocycles. The number of hydrogen-bond acceptors (Lipinski definition) is 4. The number of para-hydroxylation sites is 1. The van der Waals surface area contributed by atoms with Gasteiger partial charge >= 0.3 is 0 Å². The van der Waals surface area contributed by atoms with Crippen LogP contribution in [0.5, 0.6) is 0 Å². The molecule has 1 fully saturated rings. The SMILES string of the molecule is CN(C)c1ccc(C=C2C(=O)NC(=S)N(c3ccccc3)C2=O)cc1. The Morgan fingerprint density at radius 1 is 1.00 bits per heavy atom. The van der Waals surface area contributed by atoms with Crippen LogP contribution in [0, 0.1) is 0 Å². The van der Waals surface area contributed by atoms with E-state index in [1.807, 2.05) is 61.5 Å². The van der Waals surface area contributed by atoms with Crippen LogP contribution < -0.4 is 15.1 Å². The summed E-state index contributed by atoms with van der Waals surface area (Å²) < 4.78 is 0. The van der Waals surface area contributed by atoms with Gasteiger partial charge < -0.3 is 4.90 Å². The lowest BCUT2D eigenvalue weighted by Crippen LogP contribution is -2.54. The highest BCUT2D eigenvalue weighted by Gasteiger charge is 2.34. The Morgan fingerprint density at radius 3 is 2.24 bits per heavy atom. The number of nitrogens with one attached hydrogen (secondary N) is 1. The molecular formula is C19H17N3O2S. The first-order chi connectivity index (χ1) is 12.0. The number of anilines is 2. The number of benzene rings is 2. The number of nitrogens with zero attached hydrogens (tertiary/aromatic N) is 2. The number of rotatable bonds is 3. The first-order valence-electron chi connectivity index (χ1n) is 7.71. The van der Waals surface area contributed by atoms with Gasteiger partial charge in [-0.2, -0.15) is 0 Å². The molecule has 0 aliphatic carbocycles. The van der Waals surface area contributed by atoms with Crippen molar-refractivity contribution in [3.8, 4) is 0 Å². The van der Waals surface area contributed by atoms with Crippen LogP contribution in [0.15, 0.2) is 60.2 Å². The van der Waals surface area contributed by atoms with Crippen molar-refractivity contribution in [2.75, 3.05) is 23.9 Å². The molecule has 1 aliphatic rings. The molecule has 2 aromatic rings. The Balaban J connectivity index is 1.96. The number of hydrogen-bond donors (Lipinski definition) is 1. The zero-order chi connectivity index (χ0) is 18.0. The Labute approximate surface area is 151 Å². The topological polar surface area (TPSA) is 52.7 Å². The predicted molar refractivity (Wildman–Crippen MR) is 103 cm³/mol. The van der Waals surface area contributed by atoms with E-state index in [1.165, 1.54) is 4.90 Å². The minimum Gasteiger partial charge on any atom is -0.378 e. The summed E-state index contributed by atoms with van der Waals surface area (Å²) in [6.45, 7) is 0. The number of thiocarbonyl (C=S) groups is 1. The van der Waals surface area contributed by atoms with E-state index in [0.29, 0.717) is 5.69 Å². The minimum atomic E-state index is -0.487. The lowest BCUT2D eigenvalue weighted by Gasteiger charge is -2.28. The summed E-state index contributed by atoms with van der Waals surface area (Å²) in [5, 5.41) is 2.66. The molecule has 25 heavy (non-hydrogen) atoms. The van der Waals surface area contributed by atoms with Gasteiger partial charge in [0.2, 0.25) is 0 Å². The molecule has 2 aromatic carbocycles. The molecule has 1 aliphatic heterocycles. The van der Waals surface area contributed by atoms with E-state index in [2.05, 4.69) is 5.32 Å². The van der Waals surface area contributed by atoms with Gasteiger partial charge in [-0.3, -0.25) is 19.8 Å². The summed E-state index contributed by atoms with van der Waals surface area (Å²) in [5.41, 5.74) is 2.47. The van der Waals surface area contributed by atoms with Crippen molar-refractivity contribution < 1.29 is 9.59 Å². The maximum Gasteiger partial charge on any atom is 0.270 e. The molecule has 5 nitrogen and oxygen atoms in total. The summed E-state index contributed by atoms with van der Waals surface area (Å²) in [6, 6.07) is 16.6. The highest BCUT2D eigenvalue weighted by Crippen LogP contribution is 2.22. The highest BCUT2D eigenvalue weighted by molar-refractivity contribution is 7.80. The van der Waals surface area contributed by atoms with E-state index in [4.69, 9.17) is 12.2 Å². The van der Waals surface area contributed by atoms with Crippen LogP contribution in [0.25, 0.3) is 6.08 Å². The summed E-state index contributed by atoms with van der Waals surface area (Å²) in [7, 11) is 3.90. The summed E-state index contributed by atoms with van der Waals surface area (Å²) in [4.78, 5) is 28.4. The van der Waals surface area contributed by atoms with Gasteiger partial charge in [0.15, 0.2) is 5.11 Å². The van der Waals surface area contributed by atoms with E-state index in [1.54, 1.807) is 18.2 Å².